The summed E-state index contributed by atoms with van der Waals surface area (Å²) in [4.78, 5) is 38.5. The van der Waals surface area contributed by atoms with E-state index in [4.69, 9.17) is 28.0 Å². The predicted octanol–water partition coefficient (Wildman–Crippen LogP) is 1.09. The van der Waals surface area contributed by atoms with Crippen LogP contribution < -0.4 is 11.2 Å². The normalized spacial score (nSPS) is 23.2. The number of nitrogens with zero attached hydrogens (tertiary/aromatic N) is 1. The van der Waals surface area contributed by atoms with Crippen molar-refractivity contribution < 1.29 is 37.4 Å². The topological polar surface area (TPSA) is 144 Å². The Labute approximate surface area is 182 Å². The van der Waals surface area contributed by atoms with Gasteiger partial charge in [-0.2, -0.15) is 0 Å². The molecule has 0 amide bonds. The van der Waals surface area contributed by atoms with E-state index < -0.39 is 55.9 Å². The number of carbonyl (C=O) groups is 1. The van der Waals surface area contributed by atoms with Crippen molar-refractivity contribution in [1.82, 2.24) is 9.55 Å². The van der Waals surface area contributed by atoms with Gasteiger partial charge in [-0.25, -0.2) is 9.59 Å². The van der Waals surface area contributed by atoms with Gasteiger partial charge in [0.05, 0.1) is 5.56 Å². The summed E-state index contributed by atoms with van der Waals surface area (Å²) in [6.07, 6.45) is -3.92. The first kappa shape index (κ1) is 24.1. The van der Waals surface area contributed by atoms with Crippen molar-refractivity contribution in [2.24, 2.45) is 0 Å². The van der Waals surface area contributed by atoms with Crippen LogP contribution in [0.15, 0.2) is 52.2 Å². The van der Waals surface area contributed by atoms with E-state index in [1.54, 1.807) is 30.3 Å². The highest BCUT2D eigenvalue weighted by atomic mass is 31.2. The lowest BCUT2D eigenvalue weighted by atomic mass is 10.2. The first-order valence-electron chi connectivity index (χ1n) is 9.40. The van der Waals surface area contributed by atoms with Crippen molar-refractivity contribution >= 4 is 13.6 Å². The van der Waals surface area contributed by atoms with Crippen LogP contribution in [0.5, 0.6) is 0 Å². The van der Waals surface area contributed by atoms with Gasteiger partial charge < -0.3 is 28.0 Å². The second-order valence-electron chi connectivity index (χ2n) is 6.62. The minimum Gasteiger partial charge on any atom is -0.450 e. The number of hydrogen-bond acceptors (Lipinski definition) is 10. The Morgan fingerprint density at radius 3 is 2.38 bits per heavy atom. The van der Waals surface area contributed by atoms with Gasteiger partial charge in [0.25, 0.3) is 5.56 Å². The van der Waals surface area contributed by atoms with Gasteiger partial charge in [0.2, 0.25) is 6.29 Å². The monoisotopic (exact) mass is 470 g/mol. The van der Waals surface area contributed by atoms with Crippen molar-refractivity contribution in [3.05, 3.63) is 69.0 Å². The molecule has 1 aliphatic rings. The Hall–Kier alpha value is -2.60. The number of benzene rings is 1. The Morgan fingerprint density at radius 2 is 1.78 bits per heavy atom. The molecule has 4 atom stereocenters. The lowest BCUT2D eigenvalue weighted by molar-refractivity contribution is -0.170. The number of H-pyrrole nitrogens is 1. The number of esters is 1. The average molecular weight is 470 g/mol. The first-order chi connectivity index (χ1) is 15.3. The molecule has 2 heterocycles. The molecule has 0 unspecified atom stereocenters. The fourth-order valence-corrected chi connectivity index (χ4v) is 3.77. The second kappa shape index (κ2) is 10.3. The van der Waals surface area contributed by atoms with E-state index in [1.807, 2.05) is 0 Å². The fraction of sp³-hybridized carbons (Fsp3) is 0.421. The first-order valence-corrected chi connectivity index (χ1v) is 11.1. The van der Waals surface area contributed by atoms with Crippen molar-refractivity contribution in [3.63, 3.8) is 0 Å². The van der Waals surface area contributed by atoms with Crippen LogP contribution in [0.2, 0.25) is 0 Å². The van der Waals surface area contributed by atoms with Gasteiger partial charge in [-0.15, -0.1) is 0 Å². The zero-order valence-electron chi connectivity index (χ0n) is 17.5. The largest absolute Gasteiger partial charge is 0.450 e. The van der Waals surface area contributed by atoms with E-state index in [2.05, 4.69) is 4.98 Å². The number of aromatic amines is 1. The number of aromatic nitrogens is 2. The van der Waals surface area contributed by atoms with Crippen LogP contribution in [0.25, 0.3) is 0 Å². The predicted molar refractivity (Wildman–Crippen MR) is 109 cm³/mol. The molecule has 0 bridgehead atoms. The standard InChI is InChI=1S/C19H23N2O10P/c1-26-14-15(30-17(23)12-7-5-4-6-8-12)18(29-11-32(25,27-2)28-3)31-16(14)21-10-9-13(22)20-19(21)24/h4-10,14-16,18H,11H2,1-3H3,(H,20,22,24)/t14-,15+,16-,18+/m1/s1. The van der Waals surface area contributed by atoms with Gasteiger partial charge in [0.1, 0.15) is 6.10 Å². The molecule has 1 aromatic carbocycles. The molecule has 0 aliphatic carbocycles. The van der Waals surface area contributed by atoms with Crippen LogP contribution in [0.1, 0.15) is 16.6 Å². The minimum atomic E-state index is -3.59. The van der Waals surface area contributed by atoms with Gasteiger partial charge in [-0.05, 0) is 12.1 Å². The summed E-state index contributed by atoms with van der Waals surface area (Å²) >= 11 is 0. The molecule has 2 aromatic rings. The van der Waals surface area contributed by atoms with E-state index in [0.717, 1.165) is 10.6 Å². The van der Waals surface area contributed by atoms with Crippen LogP contribution in [0, 0.1) is 0 Å². The van der Waals surface area contributed by atoms with Gasteiger partial charge in [0.15, 0.2) is 18.7 Å². The van der Waals surface area contributed by atoms with Gasteiger partial charge >= 0.3 is 19.3 Å². The third-order valence-corrected chi connectivity index (χ3v) is 6.33. The molecule has 13 heteroatoms. The highest BCUT2D eigenvalue weighted by Crippen LogP contribution is 2.47. The van der Waals surface area contributed by atoms with Gasteiger partial charge in [0, 0.05) is 33.6 Å². The van der Waals surface area contributed by atoms with E-state index in [1.165, 1.54) is 27.5 Å². The molecule has 1 aromatic heterocycles. The zero-order valence-corrected chi connectivity index (χ0v) is 18.4. The molecule has 1 N–H and O–H groups in total. The summed E-state index contributed by atoms with van der Waals surface area (Å²) in [5, 5.41) is 0. The molecule has 1 saturated heterocycles. The quantitative estimate of drug-likeness (QED) is 0.418. The smallest absolute Gasteiger partial charge is 0.355 e. The molecule has 1 fully saturated rings. The number of methoxy groups -OCH3 is 1. The van der Waals surface area contributed by atoms with Crippen LogP contribution in [-0.4, -0.2) is 61.7 Å². The summed E-state index contributed by atoms with van der Waals surface area (Å²) in [6.45, 7) is 0. The summed E-state index contributed by atoms with van der Waals surface area (Å²) in [7, 11) is 0.126. The van der Waals surface area contributed by atoms with Crippen molar-refractivity contribution in [3.8, 4) is 0 Å². The molecule has 174 valence electrons. The summed E-state index contributed by atoms with van der Waals surface area (Å²) in [6, 6.07) is 9.32. The molecular formula is C19H23N2O10P. The molecule has 0 radical (unpaired) electrons. The van der Waals surface area contributed by atoms with Gasteiger partial charge in [-0.1, -0.05) is 18.2 Å². The van der Waals surface area contributed by atoms with Crippen LogP contribution in [0.4, 0.5) is 0 Å². The second-order valence-corrected chi connectivity index (χ2v) is 8.83. The molecule has 32 heavy (non-hydrogen) atoms. The van der Waals surface area contributed by atoms with E-state index in [0.29, 0.717) is 0 Å². The Kier molecular flexibility index (Phi) is 7.77. The Morgan fingerprint density at radius 1 is 1.09 bits per heavy atom. The van der Waals surface area contributed by atoms with E-state index >= 15 is 0 Å². The van der Waals surface area contributed by atoms with E-state index in [9.17, 15) is 18.9 Å². The molecular weight excluding hydrogens is 447 g/mol. The van der Waals surface area contributed by atoms with E-state index in [-0.39, 0.29) is 5.56 Å². The molecule has 1 aliphatic heterocycles. The molecule has 12 nitrogen and oxygen atoms in total. The zero-order chi connectivity index (χ0) is 23.3. The Bertz CT molecular complexity index is 1080. The van der Waals surface area contributed by atoms with Gasteiger partial charge in [-0.3, -0.25) is 18.9 Å². The fourth-order valence-electron chi connectivity index (χ4n) is 3.08. The number of ether oxygens (including phenoxy) is 4. The van der Waals surface area contributed by atoms with Crippen molar-refractivity contribution in [1.29, 1.82) is 0 Å². The maximum atomic E-state index is 12.7. The minimum absolute atomic E-state index is 0.269. The number of carbonyl (C=O) groups excluding carboxylic acids is 1. The maximum absolute atomic E-state index is 12.7. The van der Waals surface area contributed by atoms with Crippen LogP contribution in [0.3, 0.4) is 0 Å². The van der Waals surface area contributed by atoms with Crippen LogP contribution >= 0.6 is 7.60 Å². The highest BCUT2D eigenvalue weighted by Gasteiger charge is 2.50. The maximum Gasteiger partial charge on any atom is 0.355 e. The van der Waals surface area contributed by atoms with Crippen LogP contribution in [-0.2, 0) is 32.6 Å². The lowest BCUT2D eigenvalue weighted by Gasteiger charge is -2.24. The molecule has 3 rings (SSSR count). The third-order valence-electron chi connectivity index (χ3n) is 4.75. The summed E-state index contributed by atoms with van der Waals surface area (Å²) in [5.74, 6) is -0.689. The highest BCUT2D eigenvalue weighted by molar-refractivity contribution is 7.53. The Balaban J connectivity index is 1.91. The number of nitrogens with one attached hydrogen (secondary N) is 1. The number of rotatable bonds is 9. The number of hydrogen-bond donors (Lipinski definition) is 1. The van der Waals surface area contributed by atoms with Crippen molar-refractivity contribution in [2.45, 2.75) is 24.7 Å². The SMILES string of the molecule is CO[C@@H]1[C@H](OC(=O)c2ccccc2)[C@@H](OCP(=O)(OC)OC)O[C@H]1n1ccc(=O)[nH]c1=O. The summed E-state index contributed by atoms with van der Waals surface area (Å²) < 4.78 is 45.6. The summed E-state index contributed by atoms with van der Waals surface area (Å²) in [5.41, 5.74) is -1.10. The lowest BCUT2D eigenvalue weighted by Crippen LogP contribution is -2.41. The third kappa shape index (κ3) is 5.23. The average Bonchev–Trinajstić information content (AvgIpc) is 3.14. The van der Waals surface area contributed by atoms with Crippen molar-refractivity contribution in [2.75, 3.05) is 27.7 Å². The molecule has 0 spiro atoms. The molecule has 0 saturated carbocycles.